The Labute approximate surface area is 139 Å². The van der Waals surface area contributed by atoms with Gasteiger partial charge in [0.2, 0.25) is 0 Å². The van der Waals surface area contributed by atoms with Gasteiger partial charge in [-0.25, -0.2) is 4.79 Å². The molecule has 0 aliphatic rings. The fourth-order valence-corrected chi connectivity index (χ4v) is 2.11. The number of unbranched alkanes of at least 4 members (excludes halogenated alkanes) is 1. The number of aliphatic hydroxyl groups is 1. The number of hydrogen-bond donors (Lipinski definition) is 2. The minimum Gasteiger partial charge on any atom is -0.493 e. The normalized spacial score (nSPS) is 10.7. The second-order valence-electron chi connectivity index (χ2n) is 6.04. The molecule has 23 heavy (non-hydrogen) atoms. The second kappa shape index (κ2) is 10.9. The number of carbonyl (C=O) groups is 1. The van der Waals surface area contributed by atoms with E-state index in [0.717, 1.165) is 24.2 Å². The van der Waals surface area contributed by atoms with E-state index in [2.05, 4.69) is 26.1 Å². The number of para-hydroxylation sites is 1. The number of carbonyl (C=O) groups excluding carboxylic acids is 1. The molecule has 0 aliphatic carbocycles. The van der Waals surface area contributed by atoms with Crippen molar-refractivity contribution in [3.8, 4) is 5.75 Å². The van der Waals surface area contributed by atoms with Crippen molar-refractivity contribution in [1.82, 2.24) is 10.2 Å². The summed E-state index contributed by atoms with van der Waals surface area (Å²) in [6, 6.07) is 7.60. The first kappa shape index (κ1) is 19.3. The third-order valence-electron chi connectivity index (χ3n) is 3.41. The second-order valence-corrected chi connectivity index (χ2v) is 6.04. The van der Waals surface area contributed by atoms with Gasteiger partial charge in [-0.2, -0.15) is 0 Å². The third kappa shape index (κ3) is 7.37. The first-order chi connectivity index (χ1) is 11.1. The molecule has 0 bridgehead atoms. The highest BCUT2D eigenvalue weighted by Gasteiger charge is 2.13. The van der Waals surface area contributed by atoms with Gasteiger partial charge >= 0.3 is 6.03 Å². The van der Waals surface area contributed by atoms with Crippen LogP contribution in [0.5, 0.6) is 5.75 Å². The van der Waals surface area contributed by atoms with Gasteiger partial charge in [-0.3, -0.25) is 0 Å². The Bertz CT molecular complexity index is 463. The van der Waals surface area contributed by atoms with Gasteiger partial charge in [-0.15, -0.1) is 0 Å². The van der Waals surface area contributed by atoms with Gasteiger partial charge in [0.15, 0.2) is 0 Å². The van der Waals surface area contributed by atoms with Gasteiger partial charge < -0.3 is 20.1 Å². The number of rotatable bonds is 10. The fourth-order valence-electron chi connectivity index (χ4n) is 2.11. The summed E-state index contributed by atoms with van der Waals surface area (Å²) in [6.07, 6.45) is 1.95. The molecule has 0 fully saturated rings. The Kier molecular flexibility index (Phi) is 9.14. The lowest BCUT2D eigenvalue weighted by molar-refractivity contribution is 0.175. The number of aliphatic hydroxyl groups excluding tert-OH is 1. The Hall–Kier alpha value is -1.75. The van der Waals surface area contributed by atoms with E-state index in [1.165, 1.54) is 0 Å². The highest BCUT2D eigenvalue weighted by molar-refractivity contribution is 5.74. The minimum atomic E-state index is -0.147. The maximum atomic E-state index is 12.3. The Morgan fingerprint density at radius 3 is 2.70 bits per heavy atom. The molecule has 0 heterocycles. The van der Waals surface area contributed by atoms with Crippen molar-refractivity contribution in [2.24, 2.45) is 5.92 Å². The summed E-state index contributed by atoms with van der Waals surface area (Å²) < 4.78 is 5.80. The SMILES string of the molecule is CCCCN(CCO)C(=O)NCc1ccccc1OCC(C)C. The first-order valence-corrected chi connectivity index (χ1v) is 8.42. The maximum Gasteiger partial charge on any atom is 0.317 e. The van der Waals surface area contributed by atoms with Crippen LogP contribution in [-0.4, -0.2) is 42.3 Å². The molecule has 1 aromatic carbocycles. The molecular weight excluding hydrogens is 292 g/mol. The number of nitrogens with zero attached hydrogens (tertiary/aromatic N) is 1. The molecule has 0 saturated carbocycles. The fraction of sp³-hybridized carbons (Fsp3) is 0.611. The molecule has 1 rings (SSSR count). The van der Waals surface area contributed by atoms with Crippen LogP contribution in [0.2, 0.25) is 0 Å². The van der Waals surface area contributed by atoms with E-state index in [0.29, 0.717) is 32.2 Å². The van der Waals surface area contributed by atoms with Gasteiger partial charge in [0, 0.05) is 25.2 Å². The van der Waals surface area contributed by atoms with E-state index < -0.39 is 0 Å². The molecule has 0 spiro atoms. The van der Waals surface area contributed by atoms with Crippen molar-refractivity contribution in [3.63, 3.8) is 0 Å². The molecule has 0 unspecified atom stereocenters. The van der Waals surface area contributed by atoms with E-state index in [4.69, 9.17) is 9.84 Å². The zero-order valence-corrected chi connectivity index (χ0v) is 14.5. The van der Waals surface area contributed by atoms with Gasteiger partial charge in [-0.05, 0) is 18.4 Å². The molecule has 0 radical (unpaired) electrons. The first-order valence-electron chi connectivity index (χ1n) is 8.42. The molecule has 0 aromatic heterocycles. The zero-order valence-electron chi connectivity index (χ0n) is 14.5. The van der Waals surface area contributed by atoms with Crippen LogP contribution in [0.4, 0.5) is 4.79 Å². The van der Waals surface area contributed by atoms with Gasteiger partial charge in [0.25, 0.3) is 0 Å². The van der Waals surface area contributed by atoms with Gasteiger partial charge in [-0.1, -0.05) is 45.4 Å². The molecule has 130 valence electrons. The predicted octanol–water partition coefficient (Wildman–Crippen LogP) is 3.03. The van der Waals surface area contributed by atoms with Crippen molar-refractivity contribution in [2.45, 2.75) is 40.2 Å². The van der Waals surface area contributed by atoms with E-state index in [1.807, 2.05) is 24.3 Å². The minimum absolute atomic E-state index is 0.0226. The quantitative estimate of drug-likeness (QED) is 0.696. The van der Waals surface area contributed by atoms with E-state index in [-0.39, 0.29) is 12.6 Å². The van der Waals surface area contributed by atoms with Crippen LogP contribution in [0, 0.1) is 5.92 Å². The van der Waals surface area contributed by atoms with Crippen LogP contribution >= 0.6 is 0 Å². The number of hydrogen-bond acceptors (Lipinski definition) is 3. The molecule has 0 atom stereocenters. The number of ether oxygens (including phenoxy) is 1. The molecule has 2 amide bonds. The lowest BCUT2D eigenvalue weighted by Gasteiger charge is -2.22. The molecule has 5 nitrogen and oxygen atoms in total. The smallest absolute Gasteiger partial charge is 0.317 e. The average Bonchev–Trinajstić information content (AvgIpc) is 2.55. The number of urea groups is 1. The molecule has 2 N–H and O–H groups in total. The predicted molar refractivity (Wildman–Crippen MR) is 92.6 cm³/mol. The molecule has 0 aliphatic heterocycles. The maximum absolute atomic E-state index is 12.3. The van der Waals surface area contributed by atoms with E-state index in [1.54, 1.807) is 4.90 Å². The summed E-state index contributed by atoms with van der Waals surface area (Å²) >= 11 is 0. The number of amides is 2. The van der Waals surface area contributed by atoms with E-state index in [9.17, 15) is 4.79 Å². The summed E-state index contributed by atoms with van der Waals surface area (Å²) in [6.45, 7) is 8.35. The summed E-state index contributed by atoms with van der Waals surface area (Å²) in [5.74, 6) is 1.26. The van der Waals surface area contributed by atoms with Gasteiger partial charge in [0.05, 0.1) is 13.2 Å². The lowest BCUT2D eigenvalue weighted by atomic mass is 10.2. The Morgan fingerprint density at radius 2 is 2.04 bits per heavy atom. The molecular formula is C18H30N2O3. The Balaban J connectivity index is 2.60. The zero-order chi connectivity index (χ0) is 17.1. The summed E-state index contributed by atoms with van der Waals surface area (Å²) in [5.41, 5.74) is 0.959. The highest BCUT2D eigenvalue weighted by atomic mass is 16.5. The van der Waals surface area contributed by atoms with Crippen molar-refractivity contribution >= 4 is 6.03 Å². The Morgan fingerprint density at radius 1 is 1.30 bits per heavy atom. The highest BCUT2D eigenvalue weighted by Crippen LogP contribution is 2.18. The molecule has 0 saturated heterocycles. The van der Waals surface area contributed by atoms with Crippen LogP contribution in [0.1, 0.15) is 39.2 Å². The third-order valence-corrected chi connectivity index (χ3v) is 3.41. The van der Waals surface area contributed by atoms with Gasteiger partial charge in [0.1, 0.15) is 5.75 Å². The van der Waals surface area contributed by atoms with Crippen LogP contribution in [0.25, 0.3) is 0 Å². The summed E-state index contributed by atoms with van der Waals surface area (Å²) in [5, 5.41) is 12.0. The van der Waals surface area contributed by atoms with Crippen molar-refractivity contribution in [1.29, 1.82) is 0 Å². The average molecular weight is 322 g/mol. The number of nitrogens with one attached hydrogen (secondary N) is 1. The van der Waals surface area contributed by atoms with E-state index >= 15 is 0 Å². The van der Waals surface area contributed by atoms with Crippen LogP contribution in [-0.2, 0) is 6.54 Å². The molecule has 1 aromatic rings. The summed E-state index contributed by atoms with van der Waals surface area (Å²) in [7, 11) is 0. The van der Waals surface area contributed by atoms with Crippen molar-refractivity contribution in [2.75, 3.05) is 26.3 Å². The lowest BCUT2D eigenvalue weighted by Crippen LogP contribution is -2.41. The molecule has 5 heteroatoms. The number of benzene rings is 1. The van der Waals surface area contributed by atoms with Crippen molar-refractivity contribution < 1.29 is 14.6 Å². The standard InChI is InChI=1S/C18H30N2O3/c1-4-5-10-20(11-12-21)18(22)19-13-16-8-6-7-9-17(16)23-14-15(2)3/h6-9,15,21H,4-5,10-14H2,1-3H3,(H,19,22). The van der Waals surface area contributed by atoms with Crippen molar-refractivity contribution in [3.05, 3.63) is 29.8 Å². The van der Waals surface area contributed by atoms with Crippen LogP contribution < -0.4 is 10.1 Å². The monoisotopic (exact) mass is 322 g/mol. The summed E-state index contributed by atoms with van der Waals surface area (Å²) in [4.78, 5) is 13.9. The van der Waals surface area contributed by atoms with Crippen LogP contribution in [0.15, 0.2) is 24.3 Å². The topological polar surface area (TPSA) is 61.8 Å². The largest absolute Gasteiger partial charge is 0.493 e. The van der Waals surface area contributed by atoms with Crippen LogP contribution in [0.3, 0.4) is 0 Å².